The molecule has 1 N–H and O–H groups in total. The summed E-state index contributed by atoms with van der Waals surface area (Å²) in [5.41, 5.74) is 0.0537. The lowest BCUT2D eigenvalue weighted by atomic mass is 9.85. The van der Waals surface area contributed by atoms with Crippen LogP contribution >= 0.6 is 0 Å². The molecule has 2 aliphatic rings. The van der Waals surface area contributed by atoms with Crippen LogP contribution in [0.2, 0.25) is 0 Å². The molecule has 0 spiro atoms. The van der Waals surface area contributed by atoms with Crippen LogP contribution in [-0.4, -0.2) is 42.8 Å². The molecule has 2 nitrogen and oxygen atoms in total. The molecule has 0 unspecified atom stereocenters. The van der Waals surface area contributed by atoms with E-state index in [2.05, 4.69) is 19.2 Å². The van der Waals surface area contributed by atoms with E-state index < -0.39 is 12.7 Å². The van der Waals surface area contributed by atoms with Crippen molar-refractivity contribution in [3.63, 3.8) is 0 Å². The molecule has 0 saturated heterocycles. The van der Waals surface area contributed by atoms with Crippen molar-refractivity contribution < 1.29 is 13.2 Å². The number of nitrogens with one attached hydrogen (secondary N) is 1. The molecule has 0 aromatic heterocycles. The Morgan fingerprint density at radius 3 is 2.25 bits per heavy atom. The third-order valence-corrected chi connectivity index (χ3v) is 4.53. The summed E-state index contributed by atoms with van der Waals surface area (Å²) in [6.07, 6.45) is 2.23. The molecule has 2 aliphatic carbocycles. The number of alkyl halides is 3. The molecular weight excluding hydrogens is 265 g/mol. The van der Waals surface area contributed by atoms with E-state index in [0.29, 0.717) is 12.6 Å². The van der Waals surface area contributed by atoms with Crippen LogP contribution in [-0.2, 0) is 0 Å². The fraction of sp³-hybridized carbons (Fsp3) is 1.00. The molecule has 2 rings (SSSR count). The highest BCUT2D eigenvalue weighted by atomic mass is 19.4. The van der Waals surface area contributed by atoms with Gasteiger partial charge in [-0.15, -0.1) is 0 Å². The maximum absolute atomic E-state index is 12.7. The SMILES string of the molecule is CC(C)NCC1(CN(CC(F)(F)F)C2CC2)CCCC1. The molecule has 118 valence electrons. The van der Waals surface area contributed by atoms with E-state index in [-0.39, 0.29) is 11.5 Å². The van der Waals surface area contributed by atoms with E-state index in [1.807, 2.05) is 0 Å². The Bertz CT molecular complexity index is 305. The minimum atomic E-state index is -4.08. The number of nitrogens with zero attached hydrogens (tertiary/aromatic N) is 1. The fourth-order valence-electron chi connectivity index (χ4n) is 3.35. The Kier molecular flexibility index (Phi) is 5.00. The van der Waals surface area contributed by atoms with Gasteiger partial charge in [-0.3, -0.25) is 4.90 Å². The van der Waals surface area contributed by atoms with E-state index in [9.17, 15) is 13.2 Å². The van der Waals surface area contributed by atoms with Crippen LogP contribution in [0, 0.1) is 5.41 Å². The number of hydrogen-bond donors (Lipinski definition) is 1. The summed E-state index contributed by atoms with van der Waals surface area (Å²) in [5.74, 6) is 0. The summed E-state index contributed by atoms with van der Waals surface area (Å²) in [4.78, 5) is 1.70. The molecule has 2 saturated carbocycles. The lowest BCUT2D eigenvalue weighted by Crippen LogP contribution is -2.47. The zero-order chi connectivity index (χ0) is 14.8. The molecule has 20 heavy (non-hydrogen) atoms. The molecule has 0 radical (unpaired) electrons. The largest absolute Gasteiger partial charge is 0.401 e. The van der Waals surface area contributed by atoms with Crippen LogP contribution in [0.3, 0.4) is 0 Å². The Balaban J connectivity index is 1.97. The van der Waals surface area contributed by atoms with Crippen molar-refractivity contribution in [2.75, 3.05) is 19.6 Å². The van der Waals surface area contributed by atoms with Gasteiger partial charge in [-0.1, -0.05) is 26.7 Å². The van der Waals surface area contributed by atoms with Crippen molar-refractivity contribution in [1.82, 2.24) is 10.2 Å². The normalized spacial score (nSPS) is 22.9. The van der Waals surface area contributed by atoms with Gasteiger partial charge in [0.05, 0.1) is 6.54 Å². The maximum Gasteiger partial charge on any atom is 0.401 e. The van der Waals surface area contributed by atoms with Crippen LogP contribution < -0.4 is 5.32 Å². The molecule has 0 aromatic carbocycles. The first-order valence-electron chi connectivity index (χ1n) is 7.84. The number of rotatable bonds is 7. The zero-order valence-corrected chi connectivity index (χ0v) is 12.6. The first-order chi connectivity index (χ1) is 9.30. The second kappa shape index (κ2) is 6.22. The summed E-state index contributed by atoms with van der Waals surface area (Å²) in [6.45, 7) is 4.91. The van der Waals surface area contributed by atoms with Gasteiger partial charge in [0.2, 0.25) is 0 Å². The van der Waals surface area contributed by atoms with Gasteiger partial charge in [-0.05, 0) is 31.1 Å². The minimum absolute atomic E-state index is 0.0537. The summed E-state index contributed by atoms with van der Waals surface area (Å²) in [6, 6.07) is 0.567. The van der Waals surface area contributed by atoms with Gasteiger partial charge in [0, 0.05) is 25.2 Å². The van der Waals surface area contributed by atoms with E-state index >= 15 is 0 Å². The van der Waals surface area contributed by atoms with Crippen molar-refractivity contribution in [3.05, 3.63) is 0 Å². The Morgan fingerprint density at radius 2 is 1.80 bits per heavy atom. The van der Waals surface area contributed by atoms with Crippen LogP contribution in [0.5, 0.6) is 0 Å². The van der Waals surface area contributed by atoms with Crippen molar-refractivity contribution in [3.8, 4) is 0 Å². The predicted molar refractivity (Wildman–Crippen MR) is 74.7 cm³/mol. The van der Waals surface area contributed by atoms with E-state index in [4.69, 9.17) is 0 Å². The van der Waals surface area contributed by atoms with Gasteiger partial charge in [0.25, 0.3) is 0 Å². The average molecular weight is 292 g/mol. The molecule has 5 heteroatoms. The molecule has 0 heterocycles. The molecular formula is C15H27F3N2. The second-order valence-corrected chi connectivity index (χ2v) is 6.99. The molecule has 0 aliphatic heterocycles. The van der Waals surface area contributed by atoms with E-state index in [1.165, 1.54) is 0 Å². The van der Waals surface area contributed by atoms with Crippen molar-refractivity contribution in [2.24, 2.45) is 5.41 Å². The lowest BCUT2D eigenvalue weighted by Gasteiger charge is -2.36. The van der Waals surface area contributed by atoms with Gasteiger partial charge < -0.3 is 5.32 Å². The first-order valence-corrected chi connectivity index (χ1v) is 7.84. The maximum atomic E-state index is 12.7. The smallest absolute Gasteiger partial charge is 0.314 e. The van der Waals surface area contributed by atoms with Crippen LogP contribution in [0.1, 0.15) is 52.4 Å². The minimum Gasteiger partial charge on any atom is -0.314 e. The molecule has 0 bridgehead atoms. The summed E-state index contributed by atoms with van der Waals surface area (Å²) >= 11 is 0. The Hall–Kier alpha value is -0.290. The quantitative estimate of drug-likeness (QED) is 0.771. The molecule has 0 atom stereocenters. The Labute approximate surface area is 120 Å². The van der Waals surface area contributed by atoms with Crippen LogP contribution in [0.4, 0.5) is 13.2 Å². The van der Waals surface area contributed by atoms with Gasteiger partial charge in [0.15, 0.2) is 0 Å². The third-order valence-electron chi connectivity index (χ3n) is 4.53. The highest BCUT2D eigenvalue weighted by Crippen LogP contribution is 2.41. The highest BCUT2D eigenvalue weighted by molar-refractivity contribution is 4.94. The van der Waals surface area contributed by atoms with E-state index in [1.54, 1.807) is 4.90 Å². The highest BCUT2D eigenvalue weighted by Gasteiger charge is 2.43. The van der Waals surface area contributed by atoms with Crippen LogP contribution in [0.15, 0.2) is 0 Å². The van der Waals surface area contributed by atoms with Crippen LogP contribution in [0.25, 0.3) is 0 Å². The summed E-state index contributed by atoms with van der Waals surface area (Å²) < 4.78 is 38.2. The van der Waals surface area contributed by atoms with Gasteiger partial charge in [-0.2, -0.15) is 13.2 Å². The number of halogens is 3. The summed E-state index contributed by atoms with van der Waals surface area (Å²) in [5, 5.41) is 3.45. The monoisotopic (exact) mass is 292 g/mol. The first kappa shape index (κ1) is 16.1. The molecule has 0 aromatic rings. The number of hydrogen-bond acceptors (Lipinski definition) is 2. The zero-order valence-electron chi connectivity index (χ0n) is 12.6. The van der Waals surface area contributed by atoms with Crippen molar-refractivity contribution in [1.29, 1.82) is 0 Å². The average Bonchev–Trinajstić information content (AvgIpc) is 3.06. The predicted octanol–water partition coefficient (Wildman–Crippen LogP) is 3.57. The fourth-order valence-corrected chi connectivity index (χ4v) is 3.35. The lowest BCUT2D eigenvalue weighted by molar-refractivity contribution is -0.150. The molecule has 0 amide bonds. The molecule has 2 fully saturated rings. The second-order valence-electron chi connectivity index (χ2n) is 6.99. The van der Waals surface area contributed by atoms with E-state index in [0.717, 1.165) is 45.1 Å². The topological polar surface area (TPSA) is 15.3 Å². The third kappa shape index (κ3) is 4.92. The van der Waals surface area contributed by atoms with Crippen molar-refractivity contribution in [2.45, 2.75) is 70.6 Å². The van der Waals surface area contributed by atoms with Gasteiger partial charge in [-0.25, -0.2) is 0 Å². The van der Waals surface area contributed by atoms with Gasteiger partial charge in [0.1, 0.15) is 0 Å². The van der Waals surface area contributed by atoms with Gasteiger partial charge >= 0.3 is 6.18 Å². The Morgan fingerprint density at radius 1 is 1.20 bits per heavy atom. The summed E-state index contributed by atoms with van der Waals surface area (Å²) in [7, 11) is 0. The standard InChI is InChI=1S/C15H27F3N2/c1-12(2)19-9-14(7-3-4-8-14)10-20(13-5-6-13)11-15(16,17)18/h12-13,19H,3-11H2,1-2H3. The van der Waals surface area contributed by atoms with Crippen molar-refractivity contribution >= 4 is 0 Å².